The summed E-state index contributed by atoms with van der Waals surface area (Å²) in [7, 11) is 0. The Morgan fingerprint density at radius 1 is 1.26 bits per heavy atom. The first-order valence-electron chi connectivity index (χ1n) is 7.84. The number of nitrogens with zero attached hydrogens (tertiary/aromatic N) is 4. The van der Waals surface area contributed by atoms with Gasteiger partial charge in [-0.3, -0.25) is 4.79 Å². The van der Waals surface area contributed by atoms with Crippen LogP contribution in [0.4, 0.5) is 5.13 Å². The second-order valence-electron chi connectivity index (χ2n) is 5.68. The zero-order chi connectivity index (χ0) is 15.6. The van der Waals surface area contributed by atoms with E-state index in [0.29, 0.717) is 6.61 Å². The highest BCUT2D eigenvalue weighted by Gasteiger charge is 2.31. The van der Waals surface area contributed by atoms with Crippen LogP contribution in [0.3, 0.4) is 0 Å². The van der Waals surface area contributed by atoms with Gasteiger partial charge in [0.2, 0.25) is 5.13 Å². The van der Waals surface area contributed by atoms with Gasteiger partial charge in [0.05, 0.1) is 4.88 Å². The first kappa shape index (κ1) is 15.0. The summed E-state index contributed by atoms with van der Waals surface area (Å²) in [6.45, 7) is 3.78. The van der Waals surface area contributed by atoms with Crippen molar-refractivity contribution in [2.45, 2.75) is 18.9 Å². The Hall–Kier alpha value is -1.51. The van der Waals surface area contributed by atoms with E-state index in [4.69, 9.17) is 4.74 Å². The van der Waals surface area contributed by atoms with Crippen LogP contribution in [0.1, 0.15) is 12.8 Å². The van der Waals surface area contributed by atoms with Gasteiger partial charge in [0.1, 0.15) is 6.10 Å². The topological polar surface area (TPSA) is 58.6 Å². The SMILES string of the molecule is O=C(C1CCCO1)N1CCN(c2nnc(-c3cccs3)s2)CC1. The minimum absolute atomic E-state index is 0.152. The van der Waals surface area contributed by atoms with E-state index in [-0.39, 0.29) is 12.0 Å². The molecule has 1 amide bonds. The van der Waals surface area contributed by atoms with Crippen molar-refractivity contribution >= 4 is 33.7 Å². The van der Waals surface area contributed by atoms with E-state index >= 15 is 0 Å². The van der Waals surface area contributed by atoms with Crippen molar-refractivity contribution in [2.75, 3.05) is 37.7 Å². The number of carbonyl (C=O) groups excluding carboxylic acids is 1. The summed E-state index contributed by atoms with van der Waals surface area (Å²) in [5.41, 5.74) is 0. The number of carbonyl (C=O) groups is 1. The molecule has 0 aromatic carbocycles. The maximum Gasteiger partial charge on any atom is 0.251 e. The van der Waals surface area contributed by atoms with Crippen LogP contribution in [-0.4, -0.2) is 59.9 Å². The molecular formula is C15H18N4O2S2. The van der Waals surface area contributed by atoms with Crippen LogP contribution in [0.25, 0.3) is 9.88 Å². The summed E-state index contributed by atoms with van der Waals surface area (Å²) in [4.78, 5) is 17.7. The molecule has 0 N–H and O–H groups in total. The fourth-order valence-corrected chi connectivity index (χ4v) is 4.63. The Bertz CT molecular complexity index is 659. The molecule has 2 aromatic heterocycles. The molecule has 1 atom stereocenters. The summed E-state index contributed by atoms with van der Waals surface area (Å²) in [5, 5.41) is 12.6. The van der Waals surface area contributed by atoms with Gasteiger partial charge in [-0.25, -0.2) is 0 Å². The van der Waals surface area contributed by atoms with E-state index < -0.39 is 0 Å². The van der Waals surface area contributed by atoms with Crippen molar-refractivity contribution < 1.29 is 9.53 Å². The number of amides is 1. The number of hydrogen-bond acceptors (Lipinski definition) is 7. The fraction of sp³-hybridized carbons (Fsp3) is 0.533. The van der Waals surface area contributed by atoms with Gasteiger partial charge in [0, 0.05) is 32.8 Å². The second-order valence-corrected chi connectivity index (χ2v) is 7.58. The molecule has 6 nitrogen and oxygen atoms in total. The fourth-order valence-electron chi connectivity index (χ4n) is 2.94. The summed E-state index contributed by atoms with van der Waals surface area (Å²) in [5.74, 6) is 0.152. The molecule has 0 aliphatic carbocycles. The number of ether oxygens (including phenoxy) is 1. The lowest BCUT2D eigenvalue weighted by Gasteiger charge is -2.35. The molecule has 1 unspecified atom stereocenters. The van der Waals surface area contributed by atoms with E-state index in [9.17, 15) is 4.79 Å². The first-order chi connectivity index (χ1) is 11.3. The molecule has 0 bridgehead atoms. The molecular weight excluding hydrogens is 332 g/mol. The summed E-state index contributed by atoms with van der Waals surface area (Å²) >= 11 is 3.30. The lowest BCUT2D eigenvalue weighted by Crippen LogP contribution is -2.51. The highest BCUT2D eigenvalue weighted by molar-refractivity contribution is 7.22. The number of hydrogen-bond donors (Lipinski definition) is 0. The van der Waals surface area contributed by atoms with Crippen molar-refractivity contribution in [3.05, 3.63) is 17.5 Å². The van der Waals surface area contributed by atoms with Crippen LogP contribution in [0.15, 0.2) is 17.5 Å². The summed E-state index contributed by atoms with van der Waals surface area (Å²) in [6.07, 6.45) is 1.64. The summed E-state index contributed by atoms with van der Waals surface area (Å²) in [6, 6.07) is 4.09. The number of piperazine rings is 1. The van der Waals surface area contributed by atoms with Gasteiger partial charge in [-0.05, 0) is 24.3 Å². The predicted molar refractivity (Wildman–Crippen MR) is 91.0 cm³/mol. The third-order valence-electron chi connectivity index (χ3n) is 4.21. The third-order valence-corrected chi connectivity index (χ3v) is 6.24. The smallest absolute Gasteiger partial charge is 0.251 e. The van der Waals surface area contributed by atoms with E-state index in [1.54, 1.807) is 22.7 Å². The van der Waals surface area contributed by atoms with E-state index in [0.717, 1.165) is 54.0 Å². The van der Waals surface area contributed by atoms with Crippen LogP contribution >= 0.6 is 22.7 Å². The standard InChI is InChI=1S/C15H18N4O2S2/c20-14(11-3-1-9-21-11)18-5-7-19(8-6-18)15-17-16-13(23-15)12-4-2-10-22-12/h2,4,10-11H,1,3,5-9H2. The predicted octanol–water partition coefficient (Wildman–Crippen LogP) is 2.09. The molecule has 4 heterocycles. The maximum absolute atomic E-state index is 12.4. The average molecular weight is 350 g/mol. The number of thiophene rings is 1. The van der Waals surface area contributed by atoms with E-state index in [1.165, 1.54) is 0 Å². The van der Waals surface area contributed by atoms with Crippen LogP contribution in [0.5, 0.6) is 0 Å². The van der Waals surface area contributed by atoms with Crippen LogP contribution in [0, 0.1) is 0 Å². The minimum atomic E-state index is -0.214. The lowest BCUT2D eigenvalue weighted by molar-refractivity contribution is -0.141. The number of aromatic nitrogens is 2. The third kappa shape index (κ3) is 3.11. The van der Waals surface area contributed by atoms with E-state index in [1.807, 2.05) is 16.3 Å². The molecule has 2 fully saturated rings. The number of anilines is 1. The lowest BCUT2D eigenvalue weighted by atomic mass is 10.2. The quantitative estimate of drug-likeness (QED) is 0.848. The molecule has 23 heavy (non-hydrogen) atoms. The Balaban J connectivity index is 1.37. The average Bonchev–Trinajstić information content (AvgIpc) is 3.36. The highest BCUT2D eigenvalue weighted by Crippen LogP contribution is 2.31. The monoisotopic (exact) mass is 350 g/mol. The normalized spacial score (nSPS) is 21.8. The largest absolute Gasteiger partial charge is 0.368 e. The number of rotatable bonds is 3. The van der Waals surface area contributed by atoms with Crippen LogP contribution in [0.2, 0.25) is 0 Å². The van der Waals surface area contributed by atoms with Gasteiger partial charge in [0.15, 0.2) is 5.01 Å². The van der Waals surface area contributed by atoms with Crippen LogP contribution in [-0.2, 0) is 9.53 Å². The van der Waals surface area contributed by atoms with Gasteiger partial charge >= 0.3 is 0 Å². The van der Waals surface area contributed by atoms with E-state index in [2.05, 4.69) is 21.2 Å². The first-order valence-corrected chi connectivity index (χ1v) is 9.53. The van der Waals surface area contributed by atoms with Gasteiger partial charge < -0.3 is 14.5 Å². The molecule has 0 saturated carbocycles. The zero-order valence-electron chi connectivity index (χ0n) is 12.7. The van der Waals surface area contributed by atoms with Crippen molar-refractivity contribution in [2.24, 2.45) is 0 Å². The molecule has 2 aromatic rings. The van der Waals surface area contributed by atoms with Crippen molar-refractivity contribution in [1.29, 1.82) is 0 Å². The van der Waals surface area contributed by atoms with Gasteiger partial charge in [-0.2, -0.15) is 0 Å². The molecule has 0 spiro atoms. The van der Waals surface area contributed by atoms with Gasteiger partial charge in [0.25, 0.3) is 5.91 Å². The second kappa shape index (κ2) is 6.54. The Morgan fingerprint density at radius 2 is 2.13 bits per heavy atom. The Labute approximate surface area is 142 Å². The van der Waals surface area contributed by atoms with Gasteiger partial charge in [-0.1, -0.05) is 17.4 Å². The van der Waals surface area contributed by atoms with Crippen molar-refractivity contribution in [3.8, 4) is 9.88 Å². The Kier molecular flexibility index (Phi) is 4.28. The minimum Gasteiger partial charge on any atom is -0.368 e. The molecule has 4 rings (SSSR count). The van der Waals surface area contributed by atoms with Crippen LogP contribution < -0.4 is 4.90 Å². The molecule has 0 radical (unpaired) electrons. The molecule has 2 aliphatic heterocycles. The molecule has 122 valence electrons. The zero-order valence-corrected chi connectivity index (χ0v) is 14.3. The maximum atomic E-state index is 12.4. The molecule has 8 heteroatoms. The Morgan fingerprint density at radius 3 is 2.83 bits per heavy atom. The molecule has 2 saturated heterocycles. The van der Waals surface area contributed by atoms with Gasteiger partial charge in [-0.15, -0.1) is 21.5 Å². The summed E-state index contributed by atoms with van der Waals surface area (Å²) < 4.78 is 5.50. The molecule has 2 aliphatic rings. The highest BCUT2D eigenvalue weighted by atomic mass is 32.1. The van der Waals surface area contributed by atoms with Crippen molar-refractivity contribution in [3.63, 3.8) is 0 Å². The van der Waals surface area contributed by atoms with Crippen molar-refractivity contribution in [1.82, 2.24) is 15.1 Å².